The van der Waals surface area contributed by atoms with Crippen molar-refractivity contribution >= 4 is 51.5 Å². The van der Waals surface area contributed by atoms with Crippen LogP contribution in [0, 0.1) is 12.5 Å². The molecule has 1 aliphatic rings. The number of benzene rings is 3. The molecule has 2 unspecified atom stereocenters. The summed E-state index contributed by atoms with van der Waals surface area (Å²) >= 11 is 0. The van der Waals surface area contributed by atoms with E-state index in [9.17, 15) is 4.79 Å². The number of hydrogen-bond donors (Lipinski definition) is 0. The van der Waals surface area contributed by atoms with Gasteiger partial charge in [-0.2, -0.15) is 0 Å². The van der Waals surface area contributed by atoms with Gasteiger partial charge in [0.05, 0.1) is 31.0 Å². The van der Waals surface area contributed by atoms with Crippen LogP contribution >= 0.6 is 0 Å². The van der Waals surface area contributed by atoms with E-state index in [2.05, 4.69) is 0 Å². The van der Waals surface area contributed by atoms with Crippen molar-refractivity contribution in [1.29, 1.82) is 0 Å². The average Bonchev–Trinajstić information content (AvgIpc) is 2.87. The third-order valence-electron chi connectivity index (χ3n) is 5.64. The SMILES string of the molecule is CC1[CH-]OC(COC(=O)c2ccccc2)[C@@H](OCc2ccccc2)[C@H]1OCc1ccccc1.[H-].[Sr+2]. The fourth-order valence-electron chi connectivity index (χ4n) is 3.82. The second kappa shape index (κ2) is 14.1. The number of hydrogen-bond acceptors (Lipinski definition) is 5. The minimum Gasteiger partial charge on any atom is -1.00 e. The Morgan fingerprint density at radius 2 is 1.32 bits per heavy atom. The van der Waals surface area contributed by atoms with E-state index in [-0.39, 0.29) is 71.5 Å². The molecule has 5 nitrogen and oxygen atoms in total. The van der Waals surface area contributed by atoms with Gasteiger partial charge >= 0.3 is 51.5 Å². The summed E-state index contributed by atoms with van der Waals surface area (Å²) in [4.78, 5) is 12.5. The Morgan fingerprint density at radius 1 is 0.824 bits per heavy atom. The van der Waals surface area contributed by atoms with Crippen LogP contribution in [-0.4, -0.2) is 76.4 Å². The van der Waals surface area contributed by atoms with Gasteiger partial charge in [-0.1, -0.05) is 85.8 Å². The van der Waals surface area contributed by atoms with Gasteiger partial charge in [0, 0.05) is 0 Å². The molecule has 0 bridgehead atoms. The van der Waals surface area contributed by atoms with Crippen LogP contribution in [0.2, 0.25) is 0 Å². The van der Waals surface area contributed by atoms with Gasteiger partial charge in [-0.05, 0) is 23.3 Å². The molecular weight excluding hydrogens is 504 g/mol. The van der Waals surface area contributed by atoms with Gasteiger partial charge in [-0.3, -0.25) is 0 Å². The number of carbonyl (C=O) groups excluding carboxylic acids is 1. The zero-order valence-electron chi connectivity index (χ0n) is 20.4. The van der Waals surface area contributed by atoms with Gasteiger partial charge < -0.3 is 20.4 Å². The number of ether oxygens (including phenoxy) is 4. The molecule has 1 fully saturated rings. The van der Waals surface area contributed by atoms with Crippen molar-refractivity contribution in [3.63, 3.8) is 0 Å². The predicted molar refractivity (Wildman–Crippen MR) is 132 cm³/mol. The van der Waals surface area contributed by atoms with Gasteiger partial charge in [0.15, 0.2) is 0 Å². The Kier molecular flexibility index (Phi) is 11.3. The van der Waals surface area contributed by atoms with Crippen LogP contribution < -0.4 is 0 Å². The molecule has 6 heteroatoms. The smallest absolute Gasteiger partial charge is 1.00 e. The summed E-state index contributed by atoms with van der Waals surface area (Å²) in [5.74, 6) is -0.378. The molecule has 174 valence electrons. The molecule has 3 aromatic rings. The summed E-state index contributed by atoms with van der Waals surface area (Å²) in [6.07, 6.45) is -1.13. The quantitative estimate of drug-likeness (QED) is 0.221. The van der Waals surface area contributed by atoms with Crippen molar-refractivity contribution in [2.45, 2.75) is 38.4 Å². The first kappa shape index (κ1) is 27.1. The van der Waals surface area contributed by atoms with E-state index in [1.165, 1.54) is 0 Å². The molecule has 1 heterocycles. The Morgan fingerprint density at radius 3 is 1.88 bits per heavy atom. The summed E-state index contributed by atoms with van der Waals surface area (Å²) in [6, 6.07) is 28.9. The van der Waals surface area contributed by atoms with Gasteiger partial charge in [0.2, 0.25) is 0 Å². The fourth-order valence-corrected chi connectivity index (χ4v) is 3.82. The van der Waals surface area contributed by atoms with Crippen LogP contribution in [0.4, 0.5) is 0 Å². The van der Waals surface area contributed by atoms with Crippen LogP contribution in [0.5, 0.6) is 0 Å². The molecule has 0 amide bonds. The topological polar surface area (TPSA) is 54.0 Å². The van der Waals surface area contributed by atoms with Crippen molar-refractivity contribution in [2.75, 3.05) is 6.61 Å². The first-order valence-corrected chi connectivity index (χ1v) is 11.2. The average molecular weight is 534 g/mol. The zero-order valence-corrected chi connectivity index (χ0v) is 22.9. The normalized spacial score (nSPS) is 21.9. The zero-order chi connectivity index (χ0) is 22.9. The third kappa shape index (κ3) is 7.75. The molecule has 3 aromatic carbocycles. The van der Waals surface area contributed by atoms with E-state index in [4.69, 9.17) is 18.9 Å². The standard InChI is InChI=1S/C28H29O5.Sr.H/c1-21-17-30-25(20-33-28(29)24-15-9-4-10-16-24)27(32-19-23-13-7-3-8-14-23)26(21)31-18-22-11-5-2-6-12-22;;/h2-17,21,25-27H,18-20H2,1H3;;/q-1;+2;-1/t21?,25?,26-,27+;;/m0../s1. The van der Waals surface area contributed by atoms with E-state index < -0.39 is 12.2 Å². The van der Waals surface area contributed by atoms with Crippen LogP contribution in [-0.2, 0) is 32.2 Å². The van der Waals surface area contributed by atoms with E-state index in [0.717, 1.165) is 11.1 Å². The maximum absolute atomic E-state index is 12.5. The van der Waals surface area contributed by atoms with Crippen molar-refractivity contribution in [2.24, 2.45) is 5.92 Å². The van der Waals surface area contributed by atoms with Crippen molar-refractivity contribution in [3.05, 3.63) is 114 Å². The Balaban J connectivity index is 0.00000216. The first-order chi connectivity index (χ1) is 16.2. The van der Waals surface area contributed by atoms with E-state index in [0.29, 0.717) is 18.8 Å². The van der Waals surface area contributed by atoms with Gasteiger partial charge in [0.1, 0.15) is 12.7 Å². The maximum atomic E-state index is 12.5. The maximum Gasteiger partial charge on any atom is 2.00 e. The van der Waals surface area contributed by atoms with Crippen LogP contribution in [0.3, 0.4) is 0 Å². The molecule has 0 spiro atoms. The summed E-state index contributed by atoms with van der Waals surface area (Å²) < 4.78 is 24.2. The van der Waals surface area contributed by atoms with Crippen LogP contribution in [0.15, 0.2) is 91.0 Å². The molecule has 34 heavy (non-hydrogen) atoms. The number of esters is 1. The fraction of sp³-hybridized carbons (Fsp3) is 0.286. The van der Waals surface area contributed by atoms with Crippen molar-refractivity contribution in [1.82, 2.24) is 0 Å². The first-order valence-electron chi connectivity index (χ1n) is 11.2. The Labute approximate surface area is 240 Å². The largest absolute Gasteiger partial charge is 2.00 e. The molecule has 0 aromatic heterocycles. The van der Waals surface area contributed by atoms with Crippen molar-refractivity contribution in [3.8, 4) is 0 Å². The second-order valence-corrected chi connectivity index (χ2v) is 8.16. The van der Waals surface area contributed by atoms with Gasteiger partial charge in [-0.25, -0.2) is 11.4 Å². The van der Waals surface area contributed by atoms with Gasteiger partial charge in [-0.15, -0.1) is 5.92 Å². The molecule has 4 atom stereocenters. The summed E-state index contributed by atoms with van der Waals surface area (Å²) in [5, 5.41) is 0. The van der Waals surface area contributed by atoms with E-state index in [1.807, 2.05) is 85.8 Å². The Bertz CT molecular complexity index is 990. The van der Waals surface area contributed by atoms with E-state index >= 15 is 0 Å². The molecule has 1 aliphatic heterocycles. The summed E-state index contributed by atoms with van der Waals surface area (Å²) in [7, 11) is 0. The van der Waals surface area contributed by atoms with Crippen molar-refractivity contribution < 1.29 is 25.2 Å². The van der Waals surface area contributed by atoms with E-state index in [1.54, 1.807) is 18.7 Å². The number of carbonyl (C=O) groups is 1. The van der Waals surface area contributed by atoms with Crippen LogP contribution in [0.25, 0.3) is 0 Å². The molecule has 4 rings (SSSR count). The third-order valence-corrected chi connectivity index (χ3v) is 5.64. The number of rotatable bonds is 9. The predicted octanol–water partition coefficient (Wildman–Crippen LogP) is 4.94. The molecule has 1 saturated heterocycles. The molecule has 0 N–H and O–H groups in total. The minimum atomic E-state index is -0.474. The summed E-state index contributed by atoms with van der Waals surface area (Å²) in [5.41, 5.74) is 2.65. The minimum absolute atomic E-state index is 0. The Hall–Kier alpha value is -1.51. The second-order valence-electron chi connectivity index (χ2n) is 8.16. The molecular formula is C28H30O5Sr. The molecule has 0 radical (unpaired) electrons. The van der Waals surface area contributed by atoms with Gasteiger partial charge in [0.25, 0.3) is 0 Å². The van der Waals surface area contributed by atoms with Crippen LogP contribution in [0.1, 0.15) is 29.8 Å². The molecule has 0 aliphatic carbocycles. The monoisotopic (exact) mass is 534 g/mol. The summed E-state index contributed by atoms with van der Waals surface area (Å²) in [6.45, 7) is 4.75. The molecule has 0 saturated carbocycles.